The summed E-state index contributed by atoms with van der Waals surface area (Å²) in [6, 6.07) is 7.86. The molecule has 0 bridgehead atoms. The van der Waals surface area contributed by atoms with Crippen molar-refractivity contribution < 1.29 is 18.4 Å². The second kappa shape index (κ2) is 7.98. The first-order valence-electron chi connectivity index (χ1n) is 9.38. The lowest BCUT2D eigenvalue weighted by atomic mass is 10.0. The Morgan fingerprint density at radius 3 is 2.70 bits per heavy atom. The molecule has 0 saturated heterocycles. The number of amides is 2. The molecule has 30 heavy (non-hydrogen) atoms. The molecule has 0 aliphatic heterocycles. The summed E-state index contributed by atoms with van der Waals surface area (Å²) < 4.78 is 28.2. The Hall–Kier alpha value is -3.68. The molecule has 1 aliphatic rings. The third-order valence-electron chi connectivity index (χ3n) is 5.24. The minimum Gasteiger partial charge on any atom is -0.366 e. The zero-order valence-electron chi connectivity index (χ0n) is 15.9. The highest BCUT2D eigenvalue weighted by Gasteiger charge is 2.34. The minimum absolute atomic E-state index is 0.0465. The number of carbonyl (C=O) groups excluding carboxylic acids is 2. The molecule has 0 saturated carbocycles. The van der Waals surface area contributed by atoms with E-state index in [-0.39, 0.29) is 18.0 Å². The van der Waals surface area contributed by atoms with Gasteiger partial charge in [0.15, 0.2) is 0 Å². The number of rotatable bonds is 5. The van der Waals surface area contributed by atoms with Gasteiger partial charge in [-0.1, -0.05) is 0 Å². The Morgan fingerprint density at radius 2 is 1.97 bits per heavy atom. The number of nitrogens with zero attached hydrogens (tertiary/aromatic N) is 3. The molecule has 4 rings (SSSR count). The Kier molecular flexibility index (Phi) is 5.22. The summed E-state index contributed by atoms with van der Waals surface area (Å²) in [6.45, 7) is -0.0465. The fourth-order valence-electron chi connectivity index (χ4n) is 3.87. The summed E-state index contributed by atoms with van der Waals surface area (Å²) >= 11 is 0. The molecule has 0 spiro atoms. The van der Waals surface area contributed by atoms with E-state index < -0.39 is 23.6 Å². The molecular weight excluding hydrogens is 390 g/mol. The van der Waals surface area contributed by atoms with Gasteiger partial charge in [-0.3, -0.25) is 19.6 Å². The van der Waals surface area contributed by atoms with Gasteiger partial charge in [0.2, 0.25) is 0 Å². The van der Waals surface area contributed by atoms with Crippen LogP contribution >= 0.6 is 0 Å². The van der Waals surface area contributed by atoms with E-state index in [0.717, 1.165) is 6.07 Å². The number of fused-ring (bicyclic) bond motifs is 1. The molecule has 2 amide bonds. The van der Waals surface area contributed by atoms with Crippen LogP contribution in [0, 0.1) is 11.6 Å². The van der Waals surface area contributed by atoms with Gasteiger partial charge in [0.05, 0.1) is 29.4 Å². The molecule has 8 heteroatoms. The maximum Gasteiger partial charge on any atom is 0.256 e. The monoisotopic (exact) mass is 408 g/mol. The highest BCUT2D eigenvalue weighted by molar-refractivity contribution is 5.95. The number of pyridine rings is 2. The van der Waals surface area contributed by atoms with Crippen molar-refractivity contribution in [1.82, 2.24) is 14.9 Å². The molecule has 0 fully saturated rings. The van der Waals surface area contributed by atoms with Crippen LogP contribution in [0.1, 0.15) is 50.0 Å². The summed E-state index contributed by atoms with van der Waals surface area (Å²) in [5.74, 6) is -2.39. The van der Waals surface area contributed by atoms with Gasteiger partial charge in [-0.2, -0.15) is 0 Å². The van der Waals surface area contributed by atoms with Gasteiger partial charge in [0.1, 0.15) is 11.6 Å². The fourth-order valence-corrected chi connectivity index (χ4v) is 3.87. The maximum atomic E-state index is 14.3. The molecule has 2 heterocycles. The lowest BCUT2D eigenvalue weighted by Gasteiger charge is -2.30. The summed E-state index contributed by atoms with van der Waals surface area (Å²) in [5.41, 5.74) is 7.08. The van der Waals surface area contributed by atoms with Gasteiger partial charge in [-0.05, 0) is 54.3 Å². The minimum atomic E-state index is -0.706. The van der Waals surface area contributed by atoms with Crippen LogP contribution in [-0.2, 0) is 13.0 Å². The van der Waals surface area contributed by atoms with Crippen molar-refractivity contribution >= 4 is 11.8 Å². The van der Waals surface area contributed by atoms with Gasteiger partial charge in [0, 0.05) is 24.7 Å². The number of halogens is 2. The molecule has 152 valence electrons. The van der Waals surface area contributed by atoms with E-state index in [4.69, 9.17) is 5.73 Å². The fraction of sp³-hybridized carbons (Fsp3) is 0.182. The number of nitrogens with two attached hydrogens (primary N) is 1. The molecule has 2 N–H and O–H groups in total. The number of hydrogen-bond acceptors (Lipinski definition) is 4. The maximum absolute atomic E-state index is 14.3. The summed E-state index contributed by atoms with van der Waals surface area (Å²) in [4.78, 5) is 34.8. The molecule has 0 radical (unpaired) electrons. The van der Waals surface area contributed by atoms with Gasteiger partial charge in [-0.15, -0.1) is 0 Å². The Morgan fingerprint density at radius 1 is 1.17 bits per heavy atom. The molecule has 2 aromatic heterocycles. The van der Waals surface area contributed by atoms with Crippen LogP contribution in [0.3, 0.4) is 0 Å². The first-order chi connectivity index (χ1) is 14.5. The predicted molar refractivity (Wildman–Crippen MR) is 104 cm³/mol. The number of benzene rings is 1. The molecule has 3 aromatic rings. The second-order valence-corrected chi connectivity index (χ2v) is 7.05. The lowest BCUT2D eigenvalue weighted by molar-refractivity contribution is 0.0652. The third-order valence-corrected chi connectivity index (χ3v) is 5.24. The van der Waals surface area contributed by atoms with Gasteiger partial charge in [0.25, 0.3) is 11.8 Å². The molecule has 0 unspecified atom stereocenters. The summed E-state index contributed by atoms with van der Waals surface area (Å²) in [7, 11) is 0. The number of aromatic nitrogens is 2. The van der Waals surface area contributed by atoms with Crippen molar-refractivity contribution in [3.63, 3.8) is 0 Å². The van der Waals surface area contributed by atoms with Crippen molar-refractivity contribution in [1.29, 1.82) is 0 Å². The van der Waals surface area contributed by atoms with Crippen molar-refractivity contribution in [2.45, 2.75) is 25.4 Å². The van der Waals surface area contributed by atoms with Crippen molar-refractivity contribution in [2.24, 2.45) is 5.73 Å². The molecule has 1 aliphatic carbocycles. The van der Waals surface area contributed by atoms with Gasteiger partial charge < -0.3 is 10.6 Å². The van der Waals surface area contributed by atoms with E-state index >= 15 is 0 Å². The van der Waals surface area contributed by atoms with E-state index in [9.17, 15) is 18.4 Å². The van der Waals surface area contributed by atoms with E-state index in [1.807, 2.05) is 0 Å². The van der Waals surface area contributed by atoms with Crippen LogP contribution in [0.15, 0.2) is 55.0 Å². The largest absolute Gasteiger partial charge is 0.366 e. The normalized spacial score (nSPS) is 14.9. The van der Waals surface area contributed by atoms with Crippen molar-refractivity contribution in [2.75, 3.05) is 0 Å². The molecule has 6 nitrogen and oxygen atoms in total. The first-order valence-corrected chi connectivity index (χ1v) is 9.38. The van der Waals surface area contributed by atoms with E-state index in [0.29, 0.717) is 35.2 Å². The number of hydrogen-bond donors (Lipinski definition) is 1. The van der Waals surface area contributed by atoms with Crippen molar-refractivity contribution in [3.05, 3.63) is 94.6 Å². The average Bonchev–Trinajstić information content (AvgIpc) is 3.16. The first kappa shape index (κ1) is 19.6. The number of primary amides is 1. The topological polar surface area (TPSA) is 89.2 Å². The standard InChI is InChI=1S/C22H18F2N4O2/c23-14-9-17-15(18(24)10-14)5-6-20(17)28(22(30)13-3-1-7-26-11-13)12-19-16(21(25)29)4-2-8-27-19/h1-4,7-11,20H,5-6,12H2,(H2,25,29)/t20-/m1/s1. The van der Waals surface area contributed by atoms with E-state index in [1.54, 1.807) is 24.4 Å². The second-order valence-electron chi connectivity index (χ2n) is 7.05. The van der Waals surface area contributed by atoms with Crippen LogP contribution in [0.4, 0.5) is 8.78 Å². The lowest BCUT2D eigenvalue weighted by Crippen LogP contribution is -2.35. The van der Waals surface area contributed by atoms with Crippen LogP contribution in [0.2, 0.25) is 0 Å². The summed E-state index contributed by atoms with van der Waals surface area (Å²) in [5, 5.41) is 0. The highest BCUT2D eigenvalue weighted by Crippen LogP contribution is 2.39. The van der Waals surface area contributed by atoms with Gasteiger partial charge in [-0.25, -0.2) is 8.78 Å². The molecule has 1 atom stereocenters. The SMILES string of the molecule is NC(=O)c1cccnc1CN(C(=O)c1cccnc1)[C@@H]1CCc2c(F)cc(F)cc21. The smallest absolute Gasteiger partial charge is 0.256 e. The number of carbonyl (C=O) groups is 2. The Bertz CT molecular complexity index is 1120. The van der Waals surface area contributed by atoms with E-state index in [2.05, 4.69) is 9.97 Å². The zero-order chi connectivity index (χ0) is 21.3. The highest BCUT2D eigenvalue weighted by atomic mass is 19.1. The van der Waals surface area contributed by atoms with Crippen LogP contribution in [0.5, 0.6) is 0 Å². The van der Waals surface area contributed by atoms with Crippen LogP contribution in [-0.4, -0.2) is 26.7 Å². The van der Waals surface area contributed by atoms with Crippen LogP contribution in [0.25, 0.3) is 0 Å². The quantitative estimate of drug-likeness (QED) is 0.702. The Labute approximate surface area is 171 Å². The average molecular weight is 408 g/mol. The Balaban J connectivity index is 1.79. The molecular formula is C22H18F2N4O2. The van der Waals surface area contributed by atoms with E-state index in [1.165, 1.54) is 29.4 Å². The summed E-state index contributed by atoms with van der Waals surface area (Å²) in [6.07, 6.45) is 5.25. The predicted octanol–water partition coefficient (Wildman–Crippen LogP) is 3.18. The third kappa shape index (κ3) is 3.63. The van der Waals surface area contributed by atoms with Crippen LogP contribution < -0.4 is 5.73 Å². The zero-order valence-corrected chi connectivity index (χ0v) is 15.9. The molecule has 1 aromatic carbocycles. The van der Waals surface area contributed by atoms with Crippen molar-refractivity contribution in [3.8, 4) is 0 Å². The van der Waals surface area contributed by atoms with Gasteiger partial charge >= 0.3 is 0 Å².